The summed E-state index contributed by atoms with van der Waals surface area (Å²) < 4.78 is 66.3. The van der Waals surface area contributed by atoms with E-state index in [1.807, 2.05) is 0 Å². The van der Waals surface area contributed by atoms with E-state index in [9.17, 15) is 18.1 Å². The Morgan fingerprint density at radius 2 is 1.63 bits per heavy atom. The van der Waals surface area contributed by atoms with Crippen LogP contribution in [0.25, 0.3) is 0 Å². The molecule has 30 heavy (non-hydrogen) atoms. The third-order valence-corrected chi connectivity index (χ3v) is 10.8. The van der Waals surface area contributed by atoms with Gasteiger partial charge in [0, 0.05) is 0 Å². The van der Waals surface area contributed by atoms with Crippen LogP contribution < -0.4 is 0 Å². The summed E-state index contributed by atoms with van der Waals surface area (Å²) in [5, 5.41) is 10.3. The van der Waals surface area contributed by atoms with Crippen LogP contribution in [0, 0.1) is 0 Å². The van der Waals surface area contributed by atoms with E-state index in [0.717, 1.165) is 11.8 Å². The second-order valence-electron chi connectivity index (χ2n) is 8.72. The van der Waals surface area contributed by atoms with Crippen LogP contribution in [-0.2, 0) is 37.7 Å². The third-order valence-electron chi connectivity index (χ3n) is 4.41. The number of hydrogen-bond acceptors (Lipinski definition) is 10. The van der Waals surface area contributed by atoms with Gasteiger partial charge in [0.1, 0.15) is 24.4 Å². The highest BCUT2D eigenvalue weighted by atomic mass is 32.3. The first-order chi connectivity index (χ1) is 13.6. The van der Waals surface area contributed by atoms with Crippen molar-refractivity contribution >= 4 is 29.2 Å². The Morgan fingerprint density at radius 1 is 1.10 bits per heavy atom. The number of aliphatic hydroxyl groups excluding tert-OH is 1. The van der Waals surface area contributed by atoms with Gasteiger partial charge < -0.3 is 28.4 Å². The summed E-state index contributed by atoms with van der Waals surface area (Å²) in [6, 6.07) is 0. The highest BCUT2D eigenvalue weighted by Gasteiger charge is 2.54. The summed E-state index contributed by atoms with van der Waals surface area (Å²) in [6.07, 6.45) is -4.24. The Kier molecular flexibility index (Phi) is 8.89. The van der Waals surface area contributed by atoms with Gasteiger partial charge in [-0.1, -0.05) is 0 Å². The average Bonchev–Trinajstić information content (AvgIpc) is 2.86. The fraction of sp³-hybridized carbons (Fsp3) is 1.00. The number of sulfone groups is 1. The molecule has 2 fully saturated rings. The van der Waals surface area contributed by atoms with Crippen LogP contribution in [-0.4, -0.2) is 78.4 Å². The molecule has 0 aliphatic carbocycles. The van der Waals surface area contributed by atoms with E-state index < -0.39 is 53.7 Å². The molecule has 0 amide bonds. The fourth-order valence-electron chi connectivity index (χ4n) is 3.53. The van der Waals surface area contributed by atoms with Gasteiger partial charge in [0.05, 0.1) is 34.6 Å². The lowest BCUT2D eigenvalue weighted by molar-refractivity contribution is -0.173. The van der Waals surface area contributed by atoms with Gasteiger partial charge in [-0.15, -0.1) is 11.8 Å². The van der Waals surface area contributed by atoms with Gasteiger partial charge in [-0.05, 0) is 48.5 Å². The summed E-state index contributed by atoms with van der Waals surface area (Å²) >= 11 is 0.967. The quantitative estimate of drug-likeness (QED) is 0.458. The van der Waals surface area contributed by atoms with Gasteiger partial charge in [0.25, 0.3) is 0 Å². The van der Waals surface area contributed by atoms with Crippen molar-refractivity contribution in [3.05, 3.63) is 0 Å². The summed E-state index contributed by atoms with van der Waals surface area (Å²) in [4.78, 5) is 0. The molecular weight excluding hydrogens is 455 g/mol. The molecular formula is C18H35O9PS2. The van der Waals surface area contributed by atoms with E-state index >= 15 is 0 Å². The van der Waals surface area contributed by atoms with E-state index in [4.69, 9.17) is 23.3 Å². The minimum atomic E-state index is -3.63. The summed E-state index contributed by atoms with van der Waals surface area (Å²) in [7, 11) is -7.06. The zero-order valence-electron chi connectivity index (χ0n) is 18.6. The van der Waals surface area contributed by atoms with E-state index in [0.29, 0.717) is 0 Å². The lowest BCUT2D eigenvalue weighted by Crippen LogP contribution is -2.57. The first kappa shape index (κ1) is 26.5. The molecule has 2 saturated heterocycles. The van der Waals surface area contributed by atoms with Crippen molar-refractivity contribution in [3.8, 4) is 0 Å². The van der Waals surface area contributed by atoms with E-state index in [1.54, 1.807) is 48.5 Å². The van der Waals surface area contributed by atoms with Crippen molar-refractivity contribution in [2.24, 2.45) is 0 Å². The zero-order valence-corrected chi connectivity index (χ0v) is 21.2. The molecule has 2 aliphatic rings. The van der Waals surface area contributed by atoms with E-state index in [1.165, 1.54) is 0 Å². The molecule has 12 heteroatoms. The molecule has 178 valence electrons. The molecule has 9 nitrogen and oxygen atoms in total. The molecule has 0 aromatic rings. The van der Waals surface area contributed by atoms with Gasteiger partial charge in [0.15, 0.2) is 15.6 Å². The number of aliphatic hydroxyl groups is 1. The maximum absolute atomic E-state index is 12.8. The maximum Gasteiger partial charge on any atom is 0.340 e. The van der Waals surface area contributed by atoms with Crippen molar-refractivity contribution < 1.29 is 41.3 Å². The number of fused-ring (bicyclic) bond motifs is 1. The second kappa shape index (κ2) is 10.1. The molecule has 2 heterocycles. The fourth-order valence-corrected chi connectivity index (χ4v) is 9.39. The highest BCUT2D eigenvalue weighted by molar-refractivity contribution is 8.15. The average molecular weight is 491 g/mol. The van der Waals surface area contributed by atoms with Gasteiger partial charge in [-0.2, -0.15) is 0 Å². The van der Waals surface area contributed by atoms with Crippen LogP contribution in [0.4, 0.5) is 0 Å². The third kappa shape index (κ3) is 7.42. The number of hydrogen-bond donors (Lipinski definition) is 1. The summed E-state index contributed by atoms with van der Waals surface area (Å²) in [5.74, 6) is -1.25. The number of ether oxygens (including phenoxy) is 3. The first-order valence-electron chi connectivity index (χ1n) is 10.1. The number of rotatable bonds is 10. The van der Waals surface area contributed by atoms with Gasteiger partial charge in [0.2, 0.25) is 0 Å². The van der Waals surface area contributed by atoms with Crippen molar-refractivity contribution in [2.75, 3.05) is 16.3 Å². The van der Waals surface area contributed by atoms with Crippen LogP contribution in [0.5, 0.6) is 0 Å². The number of thioether (sulfide) groups is 1. The SMILES string of the molecule is CC(C)OP(=O)(CSCS(=O)(=O)CC1OC(C)C2OC(C)(C)OC2C1O)OC(C)C. The van der Waals surface area contributed by atoms with Crippen LogP contribution in [0.2, 0.25) is 0 Å². The normalized spacial score (nSPS) is 32.0. The molecule has 1 N–H and O–H groups in total. The summed E-state index contributed by atoms with van der Waals surface area (Å²) in [5.41, 5.74) is -0.0804. The molecule has 0 radical (unpaired) electrons. The molecule has 2 aliphatic heterocycles. The highest BCUT2D eigenvalue weighted by Crippen LogP contribution is 2.53. The predicted octanol–water partition coefficient (Wildman–Crippen LogP) is 2.76. The molecule has 5 unspecified atom stereocenters. The van der Waals surface area contributed by atoms with Crippen LogP contribution in [0.15, 0.2) is 0 Å². The predicted molar refractivity (Wildman–Crippen MR) is 115 cm³/mol. The second-order valence-corrected chi connectivity index (χ2v) is 14.6. The van der Waals surface area contributed by atoms with Crippen LogP contribution in [0.3, 0.4) is 0 Å². The Labute approximate surface area is 184 Å². The Hall–Kier alpha value is 0.290. The Morgan fingerprint density at radius 3 is 2.17 bits per heavy atom. The van der Waals surface area contributed by atoms with Crippen LogP contribution in [0.1, 0.15) is 48.5 Å². The van der Waals surface area contributed by atoms with Crippen molar-refractivity contribution in [1.29, 1.82) is 0 Å². The smallest absolute Gasteiger partial charge is 0.340 e. The van der Waals surface area contributed by atoms with Crippen molar-refractivity contribution in [1.82, 2.24) is 0 Å². The van der Waals surface area contributed by atoms with E-state index in [-0.39, 0.29) is 28.5 Å². The topological polar surface area (TPSA) is 118 Å². The van der Waals surface area contributed by atoms with Gasteiger partial charge >= 0.3 is 7.60 Å². The molecule has 0 spiro atoms. The first-order valence-corrected chi connectivity index (χ1v) is 14.8. The van der Waals surface area contributed by atoms with Crippen molar-refractivity contribution in [2.45, 2.75) is 97.0 Å². The lowest BCUT2D eigenvalue weighted by Gasteiger charge is -2.38. The van der Waals surface area contributed by atoms with E-state index in [2.05, 4.69) is 0 Å². The molecule has 0 bridgehead atoms. The molecule has 5 atom stereocenters. The lowest BCUT2D eigenvalue weighted by atomic mass is 9.96. The van der Waals surface area contributed by atoms with Gasteiger partial charge in [-0.3, -0.25) is 4.57 Å². The largest absolute Gasteiger partial charge is 0.388 e. The van der Waals surface area contributed by atoms with Crippen LogP contribution >= 0.6 is 19.4 Å². The Bertz CT molecular complexity index is 711. The standard InChI is InChI=1S/C18H35O9PS2/c1-11(2)26-28(20,27-12(3)4)9-29-10-30(21,22)8-14-15(19)17-16(13(5)23-14)24-18(6,7)25-17/h11-17,19H,8-10H2,1-7H3. The zero-order chi connectivity index (χ0) is 22.9. The molecule has 0 aromatic heterocycles. The molecule has 0 aromatic carbocycles. The van der Waals surface area contributed by atoms with Gasteiger partial charge in [-0.25, -0.2) is 8.42 Å². The molecule has 2 rings (SSSR count). The molecule has 0 saturated carbocycles. The maximum atomic E-state index is 12.8. The monoisotopic (exact) mass is 490 g/mol. The van der Waals surface area contributed by atoms with Crippen molar-refractivity contribution in [3.63, 3.8) is 0 Å². The Balaban J connectivity index is 1.95. The summed E-state index contributed by atoms with van der Waals surface area (Å²) in [6.45, 7) is 12.2. The minimum Gasteiger partial charge on any atom is -0.388 e. The minimum absolute atomic E-state index is 0.0804.